The van der Waals surface area contributed by atoms with Crippen LogP contribution >= 0.6 is 11.8 Å². The lowest BCUT2D eigenvalue weighted by Crippen LogP contribution is -2.28. The molecule has 108 valence electrons. The number of carbonyl (C=O) groups is 1. The van der Waals surface area contributed by atoms with Gasteiger partial charge in [-0.2, -0.15) is 4.73 Å². The smallest absolute Gasteiger partial charge is 0.269 e. The number of nitrogens with zero attached hydrogens (tertiary/aromatic N) is 2. The van der Waals surface area contributed by atoms with Crippen LogP contribution in [0.15, 0.2) is 53.7 Å². The van der Waals surface area contributed by atoms with Gasteiger partial charge in [0.15, 0.2) is 6.20 Å². The lowest BCUT2D eigenvalue weighted by molar-refractivity contribution is -0.645. The third kappa shape index (κ3) is 4.18. The molecule has 0 aliphatic rings. The van der Waals surface area contributed by atoms with Crippen molar-refractivity contribution < 1.29 is 14.4 Å². The highest BCUT2D eigenvalue weighted by Gasteiger charge is 2.10. The van der Waals surface area contributed by atoms with E-state index in [9.17, 15) is 20.1 Å². The van der Waals surface area contributed by atoms with Crippen LogP contribution in [-0.2, 0) is 4.79 Å². The van der Waals surface area contributed by atoms with Gasteiger partial charge < -0.3 is 10.5 Å². The maximum atomic E-state index is 11.7. The summed E-state index contributed by atoms with van der Waals surface area (Å²) in [6.45, 7) is 0. The molecule has 1 aromatic carbocycles. The Morgan fingerprint density at radius 1 is 1.24 bits per heavy atom. The molecule has 0 saturated heterocycles. The van der Waals surface area contributed by atoms with E-state index in [-0.39, 0.29) is 17.3 Å². The topological polar surface area (TPSA) is 99.2 Å². The second-order valence-electron chi connectivity index (χ2n) is 4.01. The molecule has 0 aliphatic carbocycles. The molecular formula is C13H11N3O4S. The molecule has 8 heteroatoms. The van der Waals surface area contributed by atoms with Crippen LogP contribution in [0.4, 0.5) is 11.4 Å². The van der Waals surface area contributed by atoms with Crippen molar-refractivity contribution in [2.75, 3.05) is 11.1 Å². The van der Waals surface area contributed by atoms with E-state index < -0.39 is 4.92 Å². The Balaban J connectivity index is 1.90. The van der Waals surface area contributed by atoms with Crippen LogP contribution in [-0.4, -0.2) is 16.6 Å². The van der Waals surface area contributed by atoms with Gasteiger partial charge in [-0.1, -0.05) is 0 Å². The summed E-state index contributed by atoms with van der Waals surface area (Å²) in [6, 6.07) is 10.5. The number of nitrogens with one attached hydrogen (secondary N) is 1. The van der Waals surface area contributed by atoms with Crippen molar-refractivity contribution in [3.8, 4) is 0 Å². The van der Waals surface area contributed by atoms with E-state index in [0.29, 0.717) is 15.4 Å². The number of thioether (sulfide) groups is 1. The number of hydrogen-bond donors (Lipinski definition) is 1. The molecule has 0 saturated carbocycles. The number of pyridine rings is 1. The number of nitro groups is 1. The molecule has 0 radical (unpaired) electrons. The van der Waals surface area contributed by atoms with Crippen LogP contribution in [0.3, 0.4) is 0 Å². The van der Waals surface area contributed by atoms with Gasteiger partial charge in [0.05, 0.1) is 10.7 Å². The first-order valence-corrected chi connectivity index (χ1v) is 6.90. The molecule has 0 atom stereocenters. The molecular weight excluding hydrogens is 294 g/mol. The van der Waals surface area contributed by atoms with Crippen LogP contribution in [0.25, 0.3) is 0 Å². The predicted molar refractivity (Wildman–Crippen MR) is 77.9 cm³/mol. The van der Waals surface area contributed by atoms with Crippen LogP contribution in [0, 0.1) is 15.3 Å². The van der Waals surface area contributed by atoms with Gasteiger partial charge in [0.2, 0.25) is 5.91 Å². The average Bonchev–Trinajstić information content (AvgIpc) is 2.47. The first-order chi connectivity index (χ1) is 10.1. The fraction of sp³-hybridized carbons (Fsp3) is 0.0769. The van der Waals surface area contributed by atoms with Gasteiger partial charge in [-0.25, -0.2) is 0 Å². The van der Waals surface area contributed by atoms with E-state index in [4.69, 9.17) is 0 Å². The fourth-order valence-electron chi connectivity index (χ4n) is 1.53. The Morgan fingerprint density at radius 2 is 1.95 bits per heavy atom. The van der Waals surface area contributed by atoms with Crippen molar-refractivity contribution in [3.05, 3.63) is 64.0 Å². The molecule has 0 aliphatic heterocycles. The van der Waals surface area contributed by atoms with Crippen LogP contribution in [0.2, 0.25) is 0 Å². The third-order valence-corrected chi connectivity index (χ3v) is 3.52. The van der Waals surface area contributed by atoms with Crippen molar-refractivity contribution in [2.45, 2.75) is 5.03 Å². The van der Waals surface area contributed by atoms with E-state index in [0.717, 1.165) is 11.8 Å². The first-order valence-electron chi connectivity index (χ1n) is 5.91. The summed E-state index contributed by atoms with van der Waals surface area (Å²) in [5, 5.41) is 24.9. The second-order valence-corrected chi connectivity index (χ2v) is 5.00. The lowest BCUT2D eigenvalue weighted by atomic mass is 10.3. The summed E-state index contributed by atoms with van der Waals surface area (Å²) in [5.74, 6) is -0.221. The Kier molecular flexibility index (Phi) is 4.72. The minimum absolute atomic E-state index is 0.0425. The molecule has 0 fully saturated rings. The predicted octanol–water partition coefficient (Wildman–Crippen LogP) is 1.96. The fourth-order valence-corrected chi connectivity index (χ4v) is 2.24. The molecule has 1 heterocycles. The first kappa shape index (κ1) is 14.8. The molecule has 1 N–H and O–H groups in total. The summed E-state index contributed by atoms with van der Waals surface area (Å²) in [6.07, 6.45) is 1.36. The molecule has 1 amide bonds. The van der Waals surface area contributed by atoms with Crippen molar-refractivity contribution in [2.24, 2.45) is 0 Å². The zero-order valence-corrected chi connectivity index (χ0v) is 11.6. The van der Waals surface area contributed by atoms with Gasteiger partial charge in [-0.3, -0.25) is 14.9 Å². The number of aromatic nitrogens is 1. The quantitative estimate of drug-likeness (QED) is 0.299. The highest BCUT2D eigenvalue weighted by Crippen LogP contribution is 2.17. The van der Waals surface area contributed by atoms with Crippen LogP contribution in [0.5, 0.6) is 0 Å². The van der Waals surface area contributed by atoms with Gasteiger partial charge in [-0.15, -0.1) is 0 Å². The largest absolute Gasteiger partial charge is 0.618 e. The number of hydrogen-bond acceptors (Lipinski definition) is 5. The second kappa shape index (κ2) is 6.71. The zero-order chi connectivity index (χ0) is 15.2. The van der Waals surface area contributed by atoms with E-state index in [2.05, 4.69) is 5.32 Å². The molecule has 1 aromatic heterocycles. The monoisotopic (exact) mass is 305 g/mol. The normalized spacial score (nSPS) is 10.1. The van der Waals surface area contributed by atoms with Gasteiger partial charge in [0.25, 0.3) is 10.7 Å². The summed E-state index contributed by atoms with van der Waals surface area (Å²) in [7, 11) is 0. The Morgan fingerprint density at radius 3 is 2.57 bits per heavy atom. The number of rotatable bonds is 5. The molecule has 0 unspecified atom stereocenters. The van der Waals surface area contributed by atoms with Crippen molar-refractivity contribution in [1.82, 2.24) is 0 Å². The van der Waals surface area contributed by atoms with Crippen molar-refractivity contribution in [1.29, 1.82) is 0 Å². The average molecular weight is 305 g/mol. The molecule has 7 nitrogen and oxygen atoms in total. The standard InChI is InChI=1S/C13H11N3O4S/c17-12(9-21-13-3-1-2-8-15(13)18)14-10-4-6-11(7-5-10)16(19)20/h1-8H,9H2,(H,14,17). The SMILES string of the molecule is O=C(CSc1cccc[n+]1[O-])Nc1ccc([N+](=O)[O-])cc1. The van der Waals surface area contributed by atoms with Gasteiger partial charge in [0, 0.05) is 30.0 Å². The van der Waals surface area contributed by atoms with Crippen LogP contribution < -0.4 is 10.0 Å². The van der Waals surface area contributed by atoms with Crippen LogP contribution in [0.1, 0.15) is 0 Å². The lowest BCUT2D eigenvalue weighted by Gasteiger charge is -2.05. The third-order valence-electron chi connectivity index (χ3n) is 2.50. The molecule has 0 bridgehead atoms. The van der Waals surface area contributed by atoms with E-state index in [1.54, 1.807) is 18.2 Å². The van der Waals surface area contributed by atoms with Gasteiger partial charge >= 0.3 is 0 Å². The maximum Gasteiger partial charge on any atom is 0.269 e. The number of anilines is 1. The zero-order valence-electron chi connectivity index (χ0n) is 10.8. The maximum absolute atomic E-state index is 11.7. The summed E-state index contributed by atoms with van der Waals surface area (Å²) >= 11 is 1.11. The Bertz CT molecular complexity index is 661. The van der Waals surface area contributed by atoms with Gasteiger partial charge in [0.1, 0.15) is 0 Å². The Hall–Kier alpha value is -2.61. The number of non-ortho nitro benzene ring substituents is 1. The highest BCUT2D eigenvalue weighted by molar-refractivity contribution is 7.99. The number of benzene rings is 1. The summed E-state index contributed by atoms with van der Waals surface area (Å²) < 4.78 is 0.684. The molecule has 0 spiro atoms. The number of nitro benzene ring substituents is 1. The minimum atomic E-state index is -0.510. The highest BCUT2D eigenvalue weighted by atomic mass is 32.2. The molecule has 21 heavy (non-hydrogen) atoms. The van der Waals surface area contributed by atoms with E-state index >= 15 is 0 Å². The minimum Gasteiger partial charge on any atom is -0.618 e. The Labute approximate surface area is 124 Å². The summed E-state index contributed by atoms with van der Waals surface area (Å²) in [5.41, 5.74) is 0.424. The molecule has 2 rings (SSSR count). The van der Waals surface area contributed by atoms with Gasteiger partial charge in [-0.05, 0) is 30.0 Å². The molecule has 2 aromatic rings. The van der Waals surface area contributed by atoms with Crippen molar-refractivity contribution in [3.63, 3.8) is 0 Å². The van der Waals surface area contributed by atoms with E-state index in [1.165, 1.54) is 30.5 Å². The summed E-state index contributed by atoms with van der Waals surface area (Å²) in [4.78, 5) is 21.7. The number of carbonyl (C=O) groups excluding carboxylic acids is 1. The van der Waals surface area contributed by atoms with E-state index in [1.807, 2.05) is 0 Å². The number of amides is 1. The van der Waals surface area contributed by atoms with Crippen molar-refractivity contribution >= 4 is 29.0 Å².